The lowest BCUT2D eigenvalue weighted by atomic mass is 9.68. The molecular weight excluding hydrogens is 412 g/mol. The third-order valence-corrected chi connectivity index (χ3v) is 9.99. The molecule has 2 aliphatic carbocycles. The van der Waals surface area contributed by atoms with Crippen molar-refractivity contribution in [2.45, 2.75) is 70.7 Å². The second-order valence-corrected chi connectivity index (χ2v) is 12.7. The van der Waals surface area contributed by atoms with Gasteiger partial charge in [-0.1, -0.05) is 40.7 Å². The zero-order valence-electron chi connectivity index (χ0n) is 19.4. The molecule has 1 amide bonds. The third kappa shape index (κ3) is 3.83. The predicted molar refractivity (Wildman–Crippen MR) is 121 cm³/mol. The average molecular weight is 449 g/mol. The van der Waals surface area contributed by atoms with Crippen LogP contribution in [0.5, 0.6) is 0 Å². The highest BCUT2D eigenvalue weighted by atomic mass is 32.2. The summed E-state index contributed by atoms with van der Waals surface area (Å²) >= 11 is 0. The minimum absolute atomic E-state index is 0.0336. The smallest absolute Gasteiger partial charge is 0.251 e. The number of carbonyl (C=O) groups excluding carboxylic acids is 1. The Morgan fingerprint density at radius 3 is 2.45 bits per heavy atom. The molecule has 1 saturated heterocycles. The maximum Gasteiger partial charge on any atom is 0.251 e. The van der Waals surface area contributed by atoms with E-state index in [1.54, 1.807) is 18.2 Å². The summed E-state index contributed by atoms with van der Waals surface area (Å²) in [6.07, 6.45) is 3.50. The van der Waals surface area contributed by atoms with E-state index in [1.807, 2.05) is 13.8 Å². The van der Waals surface area contributed by atoms with Crippen molar-refractivity contribution in [2.75, 3.05) is 26.3 Å². The lowest BCUT2D eigenvalue weighted by Gasteiger charge is -2.43. The van der Waals surface area contributed by atoms with Gasteiger partial charge in [0.2, 0.25) is 10.0 Å². The van der Waals surface area contributed by atoms with Gasteiger partial charge in [-0.2, -0.15) is 4.31 Å². The van der Waals surface area contributed by atoms with Gasteiger partial charge in [0.05, 0.1) is 18.1 Å². The second kappa shape index (κ2) is 7.85. The van der Waals surface area contributed by atoms with Crippen LogP contribution in [0.1, 0.15) is 75.7 Å². The van der Waals surface area contributed by atoms with E-state index in [-0.39, 0.29) is 33.6 Å². The first-order valence-electron chi connectivity index (χ1n) is 11.5. The first-order chi connectivity index (χ1) is 14.5. The van der Waals surface area contributed by atoms with Crippen LogP contribution < -0.4 is 5.32 Å². The molecule has 4 rings (SSSR count). The number of hydrogen-bond acceptors (Lipinski definition) is 4. The Morgan fingerprint density at radius 2 is 1.87 bits per heavy atom. The van der Waals surface area contributed by atoms with Crippen molar-refractivity contribution in [1.29, 1.82) is 0 Å². The van der Waals surface area contributed by atoms with Gasteiger partial charge in [-0.25, -0.2) is 8.42 Å². The summed E-state index contributed by atoms with van der Waals surface area (Å²) in [6.45, 7) is 12.2. The van der Waals surface area contributed by atoms with E-state index in [2.05, 4.69) is 26.1 Å². The fraction of sp³-hybridized carbons (Fsp3) is 0.708. The molecule has 3 atom stereocenters. The molecule has 6 nitrogen and oxygen atoms in total. The van der Waals surface area contributed by atoms with E-state index in [0.717, 1.165) is 18.4 Å². The molecule has 3 aliphatic rings. The Kier molecular flexibility index (Phi) is 5.76. The highest BCUT2D eigenvalue weighted by Crippen LogP contribution is 2.62. The van der Waals surface area contributed by atoms with Crippen LogP contribution in [0, 0.1) is 16.7 Å². The van der Waals surface area contributed by atoms with Crippen LogP contribution in [-0.2, 0) is 14.8 Å². The number of benzene rings is 1. The van der Waals surface area contributed by atoms with E-state index in [4.69, 9.17) is 4.74 Å². The Morgan fingerprint density at radius 1 is 1.19 bits per heavy atom. The van der Waals surface area contributed by atoms with E-state index < -0.39 is 10.0 Å². The van der Waals surface area contributed by atoms with Gasteiger partial charge < -0.3 is 10.1 Å². The molecule has 0 aromatic heterocycles. The van der Waals surface area contributed by atoms with Crippen LogP contribution in [0.25, 0.3) is 0 Å². The summed E-state index contributed by atoms with van der Waals surface area (Å²) in [4.78, 5) is 13.5. The number of sulfonamides is 1. The average Bonchev–Trinajstić information content (AvgIpc) is 3.22. The van der Waals surface area contributed by atoms with Gasteiger partial charge in [0, 0.05) is 24.7 Å². The molecular formula is C24H36N2O4S. The molecule has 1 aromatic carbocycles. The second-order valence-electron chi connectivity index (χ2n) is 10.7. The van der Waals surface area contributed by atoms with Crippen LogP contribution in [0.15, 0.2) is 23.1 Å². The fourth-order valence-electron chi connectivity index (χ4n) is 6.18. The molecule has 2 saturated carbocycles. The summed E-state index contributed by atoms with van der Waals surface area (Å²) in [5.41, 5.74) is 1.32. The normalized spacial score (nSPS) is 30.6. The first-order valence-corrected chi connectivity index (χ1v) is 12.9. The maximum atomic E-state index is 13.4. The van der Waals surface area contributed by atoms with E-state index in [1.165, 1.54) is 10.7 Å². The maximum absolute atomic E-state index is 13.4. The lowest BCUT2D eigenvalue weighted by Crippen LogP contribution is -2.52. The summed E-state index contributed by atoms with van der Waals surface area (Å²) in [5, 5.41) is 3.30. The molecule has 0 radical (unpaired) electrons. The van der Waals surface area contributed by atoms with Gasteiger partial charge in [0.25, 0.3) is 5.91 Å². The van der Waals surface area contributed by atoms with Crippen LogP contribution >= 0.6 is 0 Å². The standard InChI is InChI=1S/C24H36N2O4S/c1-16(2)19-7-6-17(14-20(19)31(28,29)26-10-12-30-13-11-26)21(27)25-22-23(3,4)18-8-9-24(22,5)15-18/h6-7,14,16,18,22H,8-13,15H2,1-5H3,(H,25,27). The van der Waals surface area contributed by atoms with Gasteiger partial charge >= 0.3 is 0 Å². The zero-order valence-corrected chi connectivity index (χ0v) is 20.2. The number of nitrogens with one attached hydrogen (secondary N) is 1. The van der Waals surface area contributed by atoms with Crippen molar-refractivity contribution in [1.82, 2.24) is 9.62 Å². The number of carbonyl (C=O) groups is 1. The van der Waals surface area contributed by atoms with Gasteiger partial charge in [-0.15, -0.1) is 0 Å². The molecule has 172 valence electrons. The molecule has 1 N–H and O–H groups in total. The summed E-state index contributed by atoms with van der Waals surface area (Å²) in [6, 6.07) is 5.25. The molecule has 31 heavy (non-hydrogen) atoms. The van der Waals surface area contributed by atoms with E-state index >= 15 is 0 Å². The number of amides is 1. The largest absolute Gasteiger partial charge is 0.379 e. The van der Waals surface area contributed by atoms with Crippen LogP contribution in [0.4, 0.5) is 0 Å². The van der Waals surface area contributed by atoms with Crippen LogP contribution in [0.2, 0.25) is 0 Å². The Balaban J connectivity index is 1.65. The number of ether oxygens (including phenoxy) is 1. The highest BCUT2D eigenvalue weighted by molar-refractivity contribution is 7.89. The zero-order chi connectivity index (χ0) is 22.6. The minimum atomic E-state index is -3.69. The first kappa shape index (κ1) is 22.7. The molecule has 1 heterocycles. The molecule has 0 spiro atoms. The number of nitrogens with zero attached hydrogens (tertiary/aromatic N) is 1. The SMILES string of the molecule is CC(C)c1ccc(C(=O)NC2C3(C)CCC(C3)C2(C)C)cc1S(=O)(=O)N1CCOCC1. The number of hydrogen-bond donors (Lipinski definition) is 1. The van der Waals surface area contributed by atoms with Crippen LogP contribution in [-0.4, -0.2) is 51.0 Å². The van der Waals surface area contributed by atoms with Gasteiger partial charge in [0.1, 0.15) is 0 Å². The summed E-state index contributed by atoms with van der Waals surface area (Å²) in [7, 11) is -3.69. The minimum Gasteiger partial charge on any atom is -0.379 e. The summed E-state index contributed by atoms with van der Waals surface area (Å²) in [5.74, 6) is 0.482. The van der Waals surface area contributed by atoms with Crippen molar-refractivity contribution in [3.63, 3.8) is 0 Å². The van der Waals surface area contributed by atoms with Gasteiger partial charge in [-0.3, -0.25) is 4.79 Å². The topological polar surface area (TPSA) is 75.7 Å². The summed E-state index contributed by atoms with van der Waals surface area (Å²) < 4.78 is 33.7. The molecule has 3 fully saturated rings. The highest BCUT2D eigenvalue weighted by Gasteiger charge is 2.59. The van der Waals surface area contributed by atoms with Crippen molar-refractivity contribution in [3.05, 3.63) is 29.3 Å². The molecule has 2 bridgehead atoms. The monoisotopic (exact) mass is 448 g/mol. The Bertz CT molecular complexity index is 961. The number of morpholine rings is 1. The van der Waals surface area contributed by atoms with Crippen molar-refractivity contribution >= 4 is 15.9 Å². The van der Waals surface area contributed by atoms with Crippen molar-refractivity contribution < 1.29 is 17.9 Å². The van der Waals surface area contributed by atoms with E-state index in [0.29, 0.717) is 37.8 Å². The van der Waals surface area contributed by atoms with Gasteiger partial charge in [-0.05, 0) is 59.6 Å². The predicted octanol–water partition coefficient (Wildman–Crippen LogP) is 3.78. The van der Waals surface area contributed by atoms with Crippen LogP contribution in [0.3, 0.4) is 0 Å². The fourth-order valence-corrected chi connectivity index (χ4v) is 7.96. The van der Waals surface area contributed by atoms with Crippen molar-refractivity contribution in [3.8, 4) is 0 Å². The lowest BCUT2D eigenvalue weighted by molar-refractivity contribution is 0.0728. The Hall–Kier alpha value is -1.44. The Labute approximate surface area is 186 Å². The van der Waals surface area contributed by atoms with E-state index in [9.17, 15) is 13.2 Å². The molecule has 3 unspecified atom stereocenters. The molecule has 7 heteroatoms. The number of rotatable bonds is 5. The molecule has 1 aromatic rings. The third-order valence-electron chi connectivity index (χ3n) is 8.03. The number of fused-ring (bicyclic) bond motifs is 2. The molecule has 1 aliphatic heterocycles. The van der Waals surface area contributed by atoms with Gasteiger partial charge in [0.15, 0.2) is 0 Å². The quantitative estimate of drug-likeness (QED) is 0.744. The van der Waals surface area contributed by atoms with Crippen molar-refractivity contribution in [2.24, 2.45) is 16.7 Å².